The summed E-state index contributed by atoms with van der Waals surface area (Å²) in [5, 5.41) is 11.6. The highest BCUT2D eigenvalue weighted by atomic mass is 16.5. The summed E-state index contributed by atoms with van der Waals surface area (Å²) in [6.45, 7) is 8.68. The Hall–Kier alpha value is -3.85. The van der Waals surface area contributed by atoms with Gasteiger partial charge in [0.15, 0.2) is 0 Å². The number of anilines is 1. The summed E-state index contributed by atoms with van der Waals surface area (Å²) in [6.07, 6.45) is 2.40. The molecule has 1 spiro atoms. The number of hydrogen-bond acceptors (Lipinski definition) is 7. The smallest absolute Gasteiger partial charge is 0.405 e. The van der Waals surface area contributed by atoms with Crippen LogP contribution in [0, 0.1) is 5.41 Å². The molecule has 1 amide bonds. The van der Waals surface area contributed by atoms with E-state index >= 15 is 0 Å². The normalized spacial score (nSPS) is 18.6. The molecule has 0 radical (unpaired) electrons. The number of nitrogens with one attached hydrogen (secondary N) is 1. The minimum absolute atomic E-state index is 0.221. The van der Waals surface area contributed by atoms with Crippen LogP contribution in [-0.2, 0) is 16.8 Å². The first kappa shape index (κ1) is 25.4. The number of ether oxygens (including phenoxy) is 3. The third-order valence-corrected chi connectivity index (χ3v) is 8.13. The van der Waals surface area contributed by atoms with Crippen molar-refractivity contribution in [3.8, 4) is 11.5 Å². The van der Waals surface area contributed by atoms with Crippen molar-refractivity contribution in [1.82, 2.24) is 15.3 Å². The second kappa shape index (κ2) is 9.72. The monoisotopic (exact) mass is 530 g/mol. The summed E-state index contributed by atoms with van der Waals surface area (Å²) in [7, 11) is 0. The number of carboxylic acid groups (broad SMARTS) is 1. The topological polar surface area (TPSA) is 106 Å². The Kier molecular flexibility index (Phi) is 6.33. The van der Waals surface area contributed by atoms with E-state index in [1.807, 2.05) is 30.3 Å². The van der Waals surface area contributed by atoms with Gasteiger partial charge in [-0.05, 0) is 54.3 Å². The Morgan fingerprint density at radius 1 is 1.00 bits per heavy atom. The van der Waals surface area contributed by atoms with Crippen molar-refractivity contribution in [3.63, 3.8) is 0 Å². The number of rotatable bonds is 10. The lowest BCUT2D eigenvalue weighted by atomic mass is 9.78. The van der Waals surface area contributed by atoms with Crippen LogP contribution in [0.4, 0.5) is 10.7 Å². The fourth-order valence-electron chi connectivity index (χ4n) is 5.26. The predicted molar refractivity (Wildman–Crippen MR) is 145 cm³/mol. The van der Waals surface area contributed by atoms with Crippen molar-refractivity contribution < 1.29 is 24.1 Å². The van der Waals surface area contributed by atoms with Crippen LogP contribution in [0.1, 0.15) is 43.5 Å². The van der Waals surface area contributed by atoms with Gasteiger partial charge < -0.3 is 29.5 Å². The molecule has 3 aliphatic rings. The number of hydrogen-bond donors (Lipinski definition) is 2. The predicted octanol–water partition coefficient (Wildman–Crippen LogP) is 4.40. The molecule has 3 fully saturated rings. The number of aromatic nitrogens is 2. The molecule has 0 unspecified atom stereocenters. The van der Waals surface area contributed by atoms with Gasteiger partial charge >= 0.3 is 6.09 Å². The van der Waals surface area contributed by atoms with E-state index in [2.05, 4.69) is 58.3 Å². The van der Waals surface area contributed by atoms with E-state index in [0.29, 0.717) is 18.6 Å². The van der Waals surface area contributed by atoms with Gasteiger partial charge in [-0.3, -0.25) is 0 Å². The number of nitrogens with zero attached hydrogens (tertiary/aromatic N) is 3. The van der Waals surface area contributed by atoms with E-state index in [9.17, 15) is 4.79 Å². The van der Waals surface area contributed by atoms with Gasteiger partial charge in [-0.1, -0.05) is 38.1 Å². The van der Waals surface area contributed by atoms with Crippen LogP contribution in [0.5, 0.6) is 11.5 Å². The molecule has 9 nitrogen and oxygen atoms in total. The number of carbonyl (C=O) groups is 1. The van der Waals surface area contributed by atoms with Crippen molar-refractivity contribution in [2.24, 2.45) is 5.41 Å². The van der Waals surface area contributed by atoms with Gasteiger partial charge in [0.2, 0.25) is 5.95 Å². The maximum absolute atomic E-state index is 11.0. The summed E-state index contributed by atoms with van der Waals surface area (Å²) in [5.74, 6) is 2.28. The Labute approximate surface area is 228 Å². The first-order valence-electron chi connectivity index (χ1n) is 13.4. The van der Waals surface area contributed by atoms with Crippen molar-refractivity contribution >= 4 is 12.0 Å². The van der Waals surface area contributed by atoms with Gasteiger partial charge in [0.1, 0.15) is 24.7 Å². The van der Waals surface area contributed by atoms with E-state index in [0.717, 1.165) is 67.8 Å². The van der Waals surface area contributed by atoms with Crippen LogP contribution in [0.3, 0.4) is 0 Å². The molecule has 0 bridgehead atoms. The van der Waals surface area contributed by atoms with Gasteiger partial charge in [0, 0.05) is 24.7 Å². The van der Waals surface area contributed by atoms with E-state index in [1.54, 1.807) is 6.20 Å². The lowest BCUT2D eigenvalue weighted by molar-refractivity contribution is -0.127. The van der Waals surface area contributed by atoms with Gasteiger partial charge in [-0.2, -0.15) is 0 Å². The highest BCUT2D eigenvalue weighted by molar-refractivity contribution is 5.66. The Balaban J connectivity index is 1.03. The molecule has 3 heterocycles. The van der Waals surface area contributed by atoms with Crippen LogP contribution in [0.2, 0.25) is 0 Å². The van der Waals surface area contributed by atoms with Gasteiger partial charge in [-0.15, -0.1) is 0 Å². The minimum Gasteiger partial charge on any atom is -0.491 e. The Morgan fingerprint density at radius 2 is 1.62 bits per heavy atom. The van der Waals surface area contributed by atoms with Gasteiger partial charge in [-0.25, -0.2) is 14.8 Å². The van der Waals surface area contributed by atoms with Crippen LogP contribution >= 0.6 is 0 Å². The molecule has 204 valence electrons. The molecule has 6 rings (SSSR count). The first-order chi connectivity index (χ1) is 18.7. The summed E-state index contributed by atoms with van der Waals surface area (Å²) in [5.41, 5.74) is 2.84. The van der Waals surface area contributed by atoms with E-state index < -0.39 is 11.6 Å². The summed E-state index contributed by atoms with van der Waals surface area (Å²) >= 11 is 0. The molecule has 39 heavy (non-hydrogen) atoms. The fraction of sp³-hybridized carbons (Fsp3) is 0.433. The quantitative estimate of drug-likeness (QED) is 0.397. The van der Waals surface area contributed by atoms with Crippen molar-refractivity contribution in [1.29, 1.82) is 0 Å². The average Bonchev–Trinajstić information content (AvgIpc) is 3.64. The second-order valence-electron chi connectivity index (χ2n) is 11.7. The molecule has 2 saturated heterocycles. The highest BCUT2D eigenvalue weighted by Crippen LogP contribution is 2.39. The van der Waals surface area contributed by atoms with Crippen LogP contribution < -0.4 is 19.7 Å². The highest BCUT2D eigenvalue weighted by Gasteiger charge is 2.50. The van der Waals surface area contributed by atoms with Crippen molar-refractivity contribution in [2.45, 2.75) is 44.2 Å². The minimum atomic E-state index is -1.01. The SMILES string of the molecule is CC(C)(c1ccc(OCc2ccnc(N3CC4(COC4)C3)n2)cc1)c1ccc(OCC2(NC(=O)O)CC2)cc1. The summed E-state index contributed by atoms with van der Waals surface area (Å²) in [4.78, 5) is 22.3. The number of amides is 1. The summed E-state index contributed by atoms with van der Waals surface area (Å²) < 4.78 is 17.3. The standard InChI is InChI=1S/C30H34N4O5/c1-28(2,22-5-9-25(10-6-22)39-20-30(12-13-30)33-27(35)36)21-3-7-24(8-4-21)38-15-23-11-14-31-26(32-23)34-16-29(17-34)18-37-19-29/h3-11,14,33H,12-13,15-20H2,1-2H3,(H,35,36). The largest absolute Gasteiger partial charge is 0.491 e. The molecule has 1 aromatic heterocycles. The molecule has 2 N–H and O–H groups in total. The van der Waals surface area contributed by atoms with E-state index in [4.69, 9.17) is 19.3 Å². The zero-order valence-corrected chi connectivity index (χ0v) is 22.4. The summed E-state index contributed by atoms with van der Waals surface area (Å²) in [6, 6.07) is 18.1. The first-order valence-corrected chi connectivity index (χ1v) is 13.4. The zero-order chi connectivity index (χ0) is 27.1. The van der Waals surface area contributed by atoms with Crippen LogP contribution in [0.25, 0.3) is 0 Å². The average molecular weight is 531 g/mol. The van der Waals surface area contributed by atoms with Crippen molar-refractivity contribution in [2.75, 3.05) is 37.8 Å². The van der Waals surface area contributed by atoms with Crippen LogP contribution in [-0.4, -0.2) is 59.6 Å². The molecule has 1 aliphatic carbocycles. The second-order valence-corrected chi connectivity index (χ2v) is 11.7. The fourth-order valence-corrected chi connectivity index (χ4v) is 5.26. The lowest BCUT2D eigenvalue weighted by Gasteiger charge is -2.54. The third kappa shape index (κ3) is 5.36. The van der Waals surface area contributed by atoms with Crippen molar-refractivity contribution in [3.05, 3.63) is 77.6 Å². The number of benzene rings is 2. The van der Waals surface area contributed by atoms with Gasteiger partial charge in [0.25, 0.3) is 0 Å². The molecular formula is C30H34N4O5. The van der Waals surface area contributed by atoms with Crippen LogP contribution in [0.15, 0.2) is 60.8 Å². The Bertz CT molecular complexity index is 1330. The van der Waals surface area contributed by atoms with E-state index in [-0.39, 0.29) is 5.41 Å². The molecular weight excluding hydrogens is 496 g/mol. The molecule has 0 atom stereocenters. The molecule has 1 saturated carbocycles. The van der Waals surface area contributed by atoms with E-state index in [1.165, 1.54) is 5.56 Å². The van der Waals surface area contributed by atoms with Gasteiger partial charge in [0.05, 0.1) is 29.9 Å². The Morgan fingerprint density at radius 3 is 2.15 bits per heavy atom. The maximum atomic E-state index is 11.0. The zero-order valence-electron chi connectivity index (χ0n) is 22.4. The molecule has 3 aromatic rings. The molecule has 9 heteroatoms. The molecule has 2 aromatic carbocycles. The lowest BCUT2D eigenvalue weighted by Crippen LogP contribution is -2.66. The maximum Gasteiger partial charge on any atom is 0.405 e. The third-order valence-electron chi connectivity index (χ3n) is 8.13. The molecule has 2 aliphatic heterocycles.